The van der Waals surface area contributed by atoms with Gasteiger partial charge in [0, 0.05) is 28.7 Å². The van der Waals surface area contributed by atoms with Crippen molar-refractivity contribution in [3.05, 3.63) is 53.3 Å². The van der Waals surface area contributed by atoms with Crippen LogP contribution in [0, 0.1) is 0 Å². The first-order valence-electron chi connectivity index (χ1n) is 4.82. The molecule has 1 aromatic carbocycles. The van der Waals surface area contributed by atoms with Gasteiger partial charge in [-0.05, 0) is 35.9 Å². The maximum absolute atomic E-state index is 6.02. The van der Waals surface area contributed by atoms with E-state index < -0.39 is 0 Å². The van der Waals surface area contributed by atoms with Crippen LogP contribution in [0.3, 0.4) is 0 Å². The second-order valence-electron chi connectivity index (χ2n) is 3.32. The molecule has 1 aromatic heterocycles. The van der Waals surface area contributed by atoms with E-state index in [4.69, 9.17) is 17.3 Å². The highest BCUT2D eigenvalue weighted by molar-refractivity contribution is 7.98. The smallest absolute Gasteiger partial charge is 0.0629 e. The van der Waals surface area contributed by atoms with Crippen LogP contribution in [-0.4, -0.2) is 4.98 Å². The fourth-order valence-corrected chi connectivity index (χ4v) is 2.41. The highest BCUT2D eigenvalue weighted by Gasteiger charge is 2.00. The topological polar surface area (TPSA) is 38.9 Å². The van der Waals surface area contributed by atoms with Gasteiger partial charge in [-0.15, -0.1) is 11.8 Å². The van der Waals surface area contributed by atoms with Crippen LogP contribution in [0.5, 0.6) is 0 Å². The molecule has 0 unspecified atom stereocenters. The maximum atomic E-state index is 6.02. The Morgan fingerprint density at radius 1 is 1.19 bits per heavy atom. The molecule has 0 aliphatic heterocycles. The predicted molar refractivity (Wildman–Crippen MR) is 69.7 cm³/mol. The molecular weight excluding hydrogens is 240 g/mol. The Balaban J connectivity index is 2.02. The first kappa shape index (κ1) is 11.3. The Morgan fingerprint density at radius 3 is 2.62 bits per heavy atom. The van der Waals surface area contributed by atoms with Crippen molar-refractivity contribution in [2.24, 2.45) is 0 Å². The zero-order chi connectivity index (χ0) is 11.4. The summed E-state index contributed by atoms with van der Waals surface area (Å²) >= 11 is 7.75. The Bertz CT molecular complexity index is 471. The van der Waals surface area contributed by atoms with Crippen LogP contribution in [0.25, 0.3) is 0 Å². The van der Waals surface area contributed by atoms with E-state index in [1.807, 2.05) is 30.3 Å². The van der Waals surface area contributed by atoms with Crippen LogP contribution in [0.15, 0.2) is 47.6 Å². The number of nitrogen functional groups attached to an aromatic ring is 1. The van der Waals surface area contributed by atoms with Crippen molar-refractivity contribution >= 4 is 29.1 Å². The van der Waals surface area contributed by atoms with Gasteiger partial charge < -0.3 is 5.73 Å². The van der Waals surface area contributed by atoms with Crippen LogP contribution in [0.4, 0.5) is 5.69 Å². The van der Waals surface area contributed by atoms with E-state index in [-0.39, 0.29) is 0 Å². The number of pyridine rings is 1. The number of benzene rings is 1. The molecule has 1 heterocycles. The van der Waals surface area contributed by atoms with Crippen LogP contribution in [0.2, 0.25) is 5.02 Å². The summed E-state index contributed by atoms with van der Waals surface area (Å²) in [5.74, 6) is 0.839. The molecule has 0 spiro atoms. The third kappa shape index (κ3) is 2.90. The summed E-state index contributed by atoms with van der Waals surface area (Å²) in [6.07, 6.45) is 3.42. The average molecular weight is 251 g/mol. The molecule has 4 heteroatoms. The van der Waals surface area contributed by atoms with Crippen molar-refractivity contribution in [1.29, 1.82) is 0 Å². The largest absolute Gasteiger partial charge is 0.399 e. The molecule has 0 saturated carbocycles. The minimum atomic E-state index is 0.713. The lowest BCUT2D eigenvalue weighted by Crippen LogP contribution is -1.85. The molecule has 2 N–H and O–H groups in total. The third-order valence-corrected chi connectivity index (χ3v) is 3.53. The van der Waals surface area contributed by atoms with Gasteiger partial charge in [-0.3, -0.25) is 4.98 Å². The maximum Gasteiger partial charge on any atom is 0.0629 e. The number of anilines is 1. The lowest BCUT2D eigenvalue weighted by Gasteiger charge is -2.03. The number of halogens is 1. The van der Waals surface area contributed by atoms with Gasteiger partial charge in [0.1, 0.15) is 0 Å². The molecule has 0 radical (unpaired) electrons. The van der Waals surface area contributed by atoms with Crippen LogP contribution in [-0.2, 0) is 5.75 Å². The molecule has 82 valence electrons. The number of hydrogen-bond donors (Lipinski definition) is 1. The number of thioether (sulfide) groups is 1. The fourth-order valence-electron chi connectivity index (χ4n) is 1.25. The molecule has 2 nitrogen and oxygen atoms in total. The Hall–Kier alpha value is -1.19. The summed E-state index contributed by atoms with van der Waals surface area (Å²) in [4.78, 5) is 5.14. The van der Waals surface area contributed by atoms with E-state index in [1.165, 1.54) is 4.90 Å². The van der Waals surface area contributed by atoms with Gasteiger partial charge in [-0.1, -0.05) is 11.6 Å². The van der Waals surface area contributed by atoms with Crippen molar-refractivity contribution in [2.45, 2.75) is 10.6 Å². The molecule has 2 rings (SSSR count). The molecule has 16 heavy (non-hydrogen) atoms. The molecular formula is C12H11ClN2S. The zero-order valence-electron chi connectivity index (χ0n) is 8.56. The van der Waals surface area contributed by atoms with Gasteiger partial charge in [-0.2, -0.15) is 0 Å². The van der Waals surface area contributed by atoms with Gasteiger partial charge in [0.2, 0.25) is 0 Å². The molecule has 0 aliphatic rings. The van der Waals surface area contributed by atoms with E-state index >= 15 is 0 Å². The number of hydrogen-bond acceptors (Lipinski definition) is 3. The second kappa shape index (κ2) is 5.23. The molecule has 0 bridgehead atoms. The van der Waals surface area contributed by atoms with Crippen LogP contribution >= 0.6 is 23.4 Å². The summed E-state index contributed by atoms with van der Waals surface area (Å²) in [7, 11) is 0. The molecule has 0 saturated heterocycles. The minimum Gasteiger partial charge on any atom is -0.399 e. The van der Waals surface area contributed by atoms with Crippen LogP contribution < -0.4 is 5.73 Å². The average Bonchev–Trinajstić information content (AvgIpc) is 2.30. The first-order chi connectivity index (χ1) is 7.75. The minimum absolute atomic E-state index is 0.713. The van der Waals surface area contributed by atoms with Crippen molar-refractivity contribution in [1.82, 2.24) is 4.98 Å². The third-order valence-electron chi connectivity index (χ3n) is 2.13. The van der Waals surface area contributed by atoms with E-state index in [2.05, 4.69) is 4.98 Å². The van der Waals surface area contributed by atoms with Crippen molar-refractivity contribution in [3.63, 3.8) is 0 Å². The fraction of sp³-hybridized carbons (Fsp3) is 0.0833. The van der Waals surface area contributed by atoms with Gasteiger partial charge in [-0.25, -0.2) is 0 Å². The summed E-state index contributed by atoms with van der Waals surface area (Å²) in [6, 6.07) is 9.75. The Morgan fingerprint density at radius 2 is 1.94 bits per heavy atom. The number of rotatable bonds is 3. The number of nitrogens with two attached hydrogens (primary N) is 1. The van der Waals surface area contributed by atoms with E-state index in [1.54, 1.807) is 24.2 Å². The first-order valence-corrected chi connectivity index (χ1v) is 6.19. The highest BCUT2D eigenvalue weighted by atomic mass is 35.5. The van der Waals surface area contributed by atoms with Gasteiger partial charge >= 0.3 is 0 Å². The monoisotopic (exact) mass is 250 g/mol. The predicted octanol–water partition coefficient (Wildman–Crippen LogP) is 3.61. The standard InChI is InChI=1S/C12H11ClN2S/c13-12-7-15-6-5-9(12)8-16-11-3-1-10(14)2-4-11/h1-7H,8,14H2. The summed E-state index contributed by atoms with van der Waals surface area (Å²) in [6.45, 7) is 0. The SMILES string of the molecule is Nc1ccc(SCc2ccncc2Cl)cc1. The quantitative estimate of drug-likeness (QED) is 0.668. The van der Waals surface area contributed by atoms with Crippen LogP contribution in [0.1, 0.15) is 5.56 Å². The second-order valence-corrected chi connectivity index (χ2v) is 4.78. The number of aromatic nitrogens is 1. The van der Waals surface area contributed by atoms with Crippen molar-refractivity contribution in [2.75, 3.05) is 5.73 Å². The molecule has 2 aromatic rings. The van der Waals surface area contributed by atoms with Gasteiger partial charge in [0.15, 0.2) is 0 Å². The summed E-state index contributed by atoms with van der Waals surface area (Å²) < 4.78 is 0. The molecule has 0 atom stereocenters. The highest BCUT2D eigenvalue weighted by Crippen LogP contribution is 2.26. The Kier molecular flexibility index (Phi) is 3.70. The normalized spacial score (nSPS) is 10.3. The summed E-state index contributed by atoms with van der Waals surface area (Å²) in [5, 5.41) is 0.713. The molecule has 0 fully saturated rings. The van der Waals surface area contributed by atoms with Crippen molar-refractivity contribution < 1.29 is 0 Å². The van der Waals surface area contributed by atoms with E-state index in [0.29, 0.717) is 5.02 Å². The molecule has 0 amide bonds. The summed E-state index contributed by atoms with van der Waals surface area (Å²) in [5.41, 5.74) is 7.50. The zero-order valence-corrected chi connectivity index (χ0v) is 10.1. The van der Waals surface area contributed by atoms with E-state index in [9.17, 15) is 0 Å². The Labute approximate surface area is 104 Å². The van der Waals surface area contributed by atoms with Gasteiger partial charge in [0.05, 0.1) is 5.02 Å². The lowest BCUT2D eigenvalue weighted by atomic mass is 10.3. The van der Waals surface area contributed by atoms with Crippen molar-refractivity contribution in [3.8, 4) is 0 Å². The van der Waals surface area contributed by atoms with Gasteiger partial charge in [0.25, 0.3) is 0 Å². The number of nitrogens with zero attached hydrogens (tertiary/aromatic N) is 1. The molecule has 0 aliphatic carbocycles. The lowest BCUT2D eigenvalue weighted by molar-refractivity contribution is 1.27. The van der Waals surface area contributed by atoms with E-state index in [0.717, 1.165) is 17.0 Å².